The summed E-state index contributed by atoms with van der Waals surface area (Å²) < 4.78 is 0. The van der Waals surface area contributed by atoms with Crippen molar-refractivity contribution in [3.8, 4) is 22.4 Å². The molecule has 2 N–H and O–H groups in total. The number of halogens is 1. The van der Waals surface area contributed by atoms with Gasteiger partial charge < -0.3 is 5.32 Å². The van der Waals surface area contributed by atoms with Crippen LogP contribution in [-0.4, -0.2) is 15.2 Å². The predicted molar refractivity (Wildman–Crippen MR) is 106 cm³/mol. The maximum atomic E-state index is 6.03. The number of aromatic amines is 1. The van der Waals surface area contributed by atoms with Gasteiger partial charge in [0.15, 0.2) is 5.82 Å². The molecular formula is C21H17ClN4. The van der Waals surface area contributed by atoms with Crippen molar-refractivity contribution in [1.29, 1.82) is 0 Å². The van der Waals surface area contributed by atoms with Gasteiger partial charge in [-0.25, -0.2) is 0 Å². The van der Waals surface area contributed by atoms with Crippen molar-refractivity contribution in [1.82, 2.24) is 15.2 Å². The van der Waals surface area contributed by atoms with E-state index in [0.717, 1.165) is 28.2 Å². The molecule has 2 aromatic carbocycles. The molecule has 4 rings (SSSR count). The molecule has 0 aliphatic rings. The maximum Gasteiger partial charge on any atom is 0.156 e. The Bertz CT molecular complexity index is 980. The minimum atomic E-state index is 0.698. The second kappa shape index (κ2) is 7.42. The van der Waals surface area contributed by atoms with E-state index in [1.165, 1.54) is 5.56 Å². The number of hydrogen-bond donors (Lipinski definition) is 2. The van der Waals surface area contributed by atoms with E-state index >= 15 is 0 Å². The number of benzene rings is 2. The lowest BCUT2D eigenvalue weighted by molar-refractivity contribution is 1.05. The normalized spacial score (nSPS) is 10.7. The van der Waals surface area contributed by atoms with Crippen LogP contribution in [0.2, 0.25) is 5.02 Å². The highest BCUT2D eigenvalue weighted by molar-refractivity contribution is 6.30. The molecule has 0 unspecified atom stereocenters. The lowest BCUT2D eigenvalue weighted by Crippen LogP contribution is -2.00. The fourth-order valence-electron chi connectivity index (χ4n) is 2.88. The van der Waals surface area contributed by atoms with Crippen LogP contribution in [0.3, 0.4) is 0 Å². The van der Waals surface area contributed by atoms with E-state index in [2.05, 4.69) is 32.6 Å². The van der Waals surface area contributed by atoms with Crippen molar-refractivity contribution in [3.63, 3.8) is 0 Å². The third-order valence-electron chi connectivity index (χ3n) is 4.17. The zero-order valence-electron chi connectivity index (χ0n) is 14.0. The molecule has 4 aromatic rings. The van der Waals surface area contributed by atoms with Crippen molar-refractivity contribution in [2.75, 3.05) is 5.32 Å². The zero-order chi connectivity index (χ0) is 17.8. The summed E-state index contributed by atoms with van der Waals surface area (Å²) in [7, 11) is 0. The lowest BCUT2D eigenvalue weighted by Gasteiger charge is -2.09. The minimum absolute atomic E-state index is 0.698. The van der Waals surface area contributed by atoms with Crippen LogP contribution in [-0.2, 0) is 6.54 Å². The summed E-state index contributed by atoms with van der Waals surface area (Å²) in [5.41, 5.74) is 5.24. The molecule has 0 saturated carbocycles. The van der Waals surface area contributed by atoms with E-state index in [4.69, 9.17) is 11.6 Å². The minimum Gasteiger partial charge on any atom is -0.364 e. The molecule has 0 atom stereocenters. The Labute approximate surface area is 156 Å². The van der Waals surface area contributed by atoms with E-state index in [0.29, 0.717) is 11.6 Å². The van der Waals surface area contributed by atoms with E-state index < -0.39 is 0 Å². The van der Waals surface area contributed by atoms with Crippen LogP contribution in [0.5, 0.6) is 0 Å². The molecule has 0 spiro atoms. The van der Waals surface area contributed by atoms with Crippen LogP contribution in [0, 0.1) is 0 Å². The predicted octanol–water partition coefficient (Wildman–Crippen LogP) is 5.40. The molecule has 0 bridgehead atoms. The van der Waals surface area contributed by atoms with Crippen molar-refractivity contribution in [3.05, 3.63) is 89.7 Å². The molecular weight excluding hydrogens is 344 g/mol. The van der Waals surface area contributed by atoms with Crippen LogP contribution >= 0.6 is 11.6 Å². The quantitative estimate of drug-likeness (QED) is 0.500. The van der Waals surface area contributed by atoms with Gasteiger partial charge in [0.1, 0.15) is 0 Å². The Morgan fingerprint density at radius 2 is 1.58 bits per heavy atom. The first-order valence-electron chi connectivity index (χ1n) is 8.34. The third kappa shape index (κ3) is 3.46. The zero-order valence-corrected chi connectivity index (χ0v) is 14.7. The van der Waals surface area contributed by atoms with Crippen molar-refractivity contribution in [2.45, 2.75) is 6.54 Å². The Hall–Kier alpha value is -3.11. The summed E-state index contributed by atoms with van der Waals surface area (Å²) in [6.07, 6.45) is 3.57. The van der Waals surface area contributed by atoms with Gasteiger partial charge in [-0.3, -0.25) is 10.1 Å². The molecule has 5 heteroatoms. The fraction of sp³-hybridized carbons (Fsp3) is 0.0476. The molecule has 4 nitrogen and oxygen atoms in total. The summed E-state index contributed by atoms with van der Waals surface area (Å²) in [4.78, 5) is 4.12. The van der Waals surface area contributed by atoms with Gasteiger partial charge in [-0.1, -0.05) is 54.1 Å². The molecule has 0 radical (unpaired) electrons. The first-order valence-corrected chi connectivity index (χ1v) is 8.71. The molecule has 0 amide bonds. The van der Waals surface area contributed by atoms with Crippen molar-refractivity contribution in [2.24, 2.45) is 0 Å². The topological polar surface area (TPSA) is 53.6 Å². The molecule has 0 aliphatic heterocycles. The van der Waals surface area contributed by atoms with Gasteiger partial charge in [0.05, 0.1) is 11.3 Å². The Balaban J connectivity index is 1.73. The number of rotatable bonds is 5. The molecule has 0 aliphatic carbocycles. The summed E-state index contributed by atoms with van der Waals surface area (Å²) in [5, 5.41) is 11.8. The molecule has 2 aromatic heterocycles. The molecule has 26 heavy (non-hydrogen) atoms. The van der Waals surface area contributed by atoms with Gasteiger partial charge in [-0.2, -0.15) is 5.10 Å². The maximum absolute atomic E-state index is 6.03. The summed E-state index contributed by atoms with van der Waals surface area (Å²) in [6.45, 7) is 0.698. The van der Waals surface area contributed by atoms with Gasteiger partial charge >= 0.3 is 0 Å². The highest BCUT2D eigenvalue weighted by Crippen LogP contribution is 2.36. The van der Waals surface area contributed by atoms with E-state index in [-0.39, 0.29) is 0 Å². The second-order valence-corrected chi connectivity index (χ2v) is 6.34. The number of nitrogens with zero attached hydrogens (tertiary/aromatic N) is 2. The number of pyridine rings is 1. The Morgan fingerprint density at radius 1 is 0.846 bits per heavy atom. The Morgan fingerprint density at radius 3 is 2.31 bits per heavy atom. The first-order chi connectivity index (χ1) is 12.8. The van der Waals surface area contributed by atoms with Crippen LogP contribution in [0.4, 0.5) is 5.82 Å². The van der Waals surface area contributed by atoms with Gasteiger partial charge in [0.2, 0.25) is 0 Å². The van der Waals surface area contributed by atoms with E-state index in [1.54, 1.807) is 12.4 Å². The number of aromatic nitrogens is 3. The molecule has 128 valence electrons. The van der Waals surface area contributed by atoms with Crippen molar-refractivity contribution >= 4 is 17.4 Å². The average Bonchev–Trinajstić information content (AvgIpc) is 3.12. The van der Waals surface area contributed by atoms with Gasteiger partial charge in [0, 0.05) is 29.5 Å². The average molecular weight is 361 g/mol. The van der Waals surface area contributed by atoms with Gasteiger partial charge in [0.25, 0.3) is 0 Å². The molecule has 0 saturated heterocycles. The highest BCUT2D eigenvalue weighted by Gasteiger charge is 2.16. The number of anilines is 1. The number of nitrogens with one attached hydrogen (secondary N) is 2. The van der Waals surface area contributed by atoms with Crippen molar-refractivity contribution < 1.29 is 0 Å². The highest BCUT2D eigenvalue weighted by atomic mass is 35.5. The lowest BCUT2D eigenvalue weighted by atomic mass is 10.0. The smallest absolute Gasteiger partial charge is 0.156 e. The standard InChI is InChI=1S/C21H17ClN4/c22-18-8-6-17(7-9-18)20-19(16-10-12-23-13-11-16)21(26-25-20)24-14-15-4-2-1-3-5-15/h1-13H,14H2,(H2,24,25,26). The third-order valence-corrected chi connectivity index (χ3v) is 4.42. The van der Waals surface area contributed by atoms with E-state index in [1.807, 2.05) is 54.6 Å². The number of H-pyrrole nitrogens is 1. The monoisotopic (exact) mass is 360 g/mol. The van der Waals surface area contributed by atoms with Crippen LogP contribution in [0.15, 0.2) is 79.1 Å². The SMILES string of the molecule is Clc1ccc(-c2[nH]nc(NCc3ccccc3)c2-c2ccncc2)cc1. The Kier molecular flexibility index (Phi) is 4.67. The summed E-state index contributed by atoms with van der Waals surface area (Å²) >= 11 is 6.03. The van der Waals surface area contributed by atoms with E-state index in [9.17, 15) is 0 Å². The molecule has 2 heterocycles. The van der Waals surface area contributed by atoms with Crippen LogP contribution in [0.1, 0.15) is 5.56 Å². The number of hydrogen-bond acceptors (Lipinski definition) is 3. The van der Waals surface area contributed by atoms with Gasteiger partial charge in [-0.05, 0) is 35.4 Å². The first kappa shape index (κ1) is 16.4. The molecule has 0 fully saturated rings. The van der Waals surface area contributed by atoms with Crippen LogP contribution < -0.4 is 5.32 Å². The summed E-state index contributed by atoms with van der Waals surface area (Å²) in [5.74, 6) is 0.810. The van der Waals surface area contributed by atoms with Crippen LogP contribution in [0.25, 0.3) is 22.4 Å². The summed E-state index contributed by atoms with van der Waals surface area (Å²) in [6, 6.07) is 22.0. The second-order valence-electron chi connectivity index (χ2n) is 5.90. The van der Waals surface area contributed by atoms with Gasteiger partial charge in [-0.15, -0.1) is 0 Å². The fourth-order valence-corrected chi connectivity index (χ4v) is 3.00. The largest absolute Gasteiger partial charge is 0.364 e.